The molecule has 0 radical (unpaired) electrons. The Hall–Kier alpha value is -0.880. The summed E-state index contributed by atoms with van der Waals surface area (Å²) >= 11 is 0. The van der Waals surface area contributed by atoms with Crippen molar-refractivity contribution in [1.29, 1.82) is 5.26 Å². The largest absolute Gasteiger partial charge is 0.298 e. The minimum atomic E-state index is -0.222. The molecule has 0 aromatic heterocycles. The molecule has 0 atom stereocenters. The van der Waals surface area contributed by atoms with Gasteiger partial charge in [0.1, 0.15) is 5.78 Å². The Balaban J connectivity index is 2.20. The first kappa shape index (κ1) is 12.2. The maximum Gasteiger partial charge on any atom is 0.146 e. The van der Waals surface area contributed by atoms with Crippen molar-refractivity contribution in [3.63, 3.8) is 0 Å². The molecule has 1 aliphatic rings. The first-order valence-electron chi connectivity index (χ1n) is 5.69. The van der Waals surface area contributed by atoms with Crippen molar-refractivity contribution in [2.75, 3.05) is 19.6 Å². The molecule has 84 valence electrons. The van der Waals surface area contributed by atoms with Gasteiger partial charge in [-0.05, 0) is 46.2 Å². The number of carbonyl (C=O) groups excluding carboxylic acids is 1. The molecule has 1 rings (SSSR count). The molecular weight excluding hydrogens is 188 g/mol. The van der Waals surface area contributed by atoms with Crippen LogP contribution in [0.1, 0.15) is 39.5 Å². The molecule has 0 aromatic carbocycles. The first-order valence-corrected chi connectivity index (χ1v) is 5.69. The molecule has 0 aromatic rings. The molecule has 0 spiro atoms. The third-order valence-corrected chi connectivity index (χ3v) is 2.91. The summed E-state index contributed by atoms with van der Waals surface area (Å²) < 4.78 is 0. The van der Waals surface area contributed by atoms with Gasteiger partial charge in [0.2, 0.25) is 0 Å². The van der Waals surface area contributed by atoms with E-state index in [1.54, 1.807) is 0 Å². The summed E-state index contributed by atoms with van der Waals surface area (Å²) in [5.41, 5.74) is -0.222. The van der Waals surface area contributed by atoms with Gasteiger partial charge in [0.25, 0.3) is 0 Å². The SMILES string of the molecule is CC(C)(C#N)CCCN1CCCC(=O)C1. The summed E-state index contributed by atoms with van der Waals surface area (Å²) in [4.78, 5) is 13.4. The molecule has 0 bridgehead atoms. The quantitative estimate of drug-likeness (QED) is 0.709. The first-order chi connectivity index (χ1) is 7.03. The van der Waals surface area contributed by atoms with Crippen molar-refractivity contribution in [3.8, 4) is 6.07 Å². The van der Waals surface area contributed by atoms with Crippen LogP contribution in [0.2, 0.25) is 0 Å². The lowest BCUT2D eigenvalue weighted by Gasteiger charge is -2.26. The highest BCUT2D eigenvalue weighted by Crippen LogP contribution is 2.21. The van der Waals surface area contributed by atoms with Gasteiger partial charge in [-0.1, -0.05) is 0 Å². The molecule has 1 heterocycles. The number of carbonyl (C=O) groups is 1. The van der Waals surface area contributed by atoms with Crippen molar-refractivity contribution in [1.82, 2.24) is 4.90 Å². The smallest absolute Gasteiger partial charge is 0.146 e. The zero-order chi connectivity index (χ0) is 11.3. The molecule has 3 heteroatoms. The van der Waals surface area contributed by atoms with Crippen molar-refractivity contribution in [3.05, 3.63) is 0 Å². The topological polar surface area (TPSA) is 44.1 Å². The summed E-state index contributed by atoms with van der Waals surface area (Å²) in [5.74, 6) is 0.362. The van der Waals surface area contributed by atoms with E-state index >= 15 is 0 Å². The third-order valence-electron chi connectivity index (χ3n) is 2.91. The zero-order valence-corrected chi connectivity index (χ0v) is 9.75. The fourth-order valence-electron chi connectivity index (χ4n) is 1.90. The van der Waals surface area contributed by atoms with Crippen LogP contribution < -0.4 is 0 Å². The van der Waals surface area contributed by atoms with E-state index in [1.807, 2.05) is 13.8 Å². The minimum Gasteiger partial charge on any atom is -0.298 e. The molecule has 1 saturated heterocycles. The number of hydrogen-bond acceptors (Lipinski definition) is 3. The number of nitrogens with zero attached hydrogens (tertiary/aromatic N) is 2. The molecule has 15 heavy (non-hydrogen) atoms. The van der Waals surface area contributed by atoms with Gasteiger partial charge in [-0.25, -0.2) is 0 Å². The van der Waals surface area contributed by atoms with Gasteiger partial charge in [0, 0.05) is 6.42 Å². The van der Waals surface area contributed by atoms with Gasteiger partial charge in [0.15, 0.2) is 0 Å². The molecular formula is C12H20N2O. The number of hydrogen-bond donors (Lipinski definition) is 0. The van der Waals surface area contributed by atoms with Gasteiger partial charge < -0.3 is 0 Å². The van der Waals surface area contributed by atoms with Crippen molar-refractivity contribution < 1.29 is 4.79 Å². The number of piperidine rings is 1. The van der Waals surface area contributed by atoms with Gasteiger partial charge in [-0.2, -0.15) is 5.26 Å². The lowest BCUT2D eigenvalue weighted by atomic mass is 9.89. The summed E-state index contributed by atoms with van der Waals surface area (Å²) in [7, 11) is 0. The Morgan fingerprint density at radius 2 is 2.27 bits per heavy atom. The molecule has 0 aliphatic carbocycles. The second-order valence-corrected chi connectivity index (χ2v) is 5.02. The normalized spacial score (nSPS) is 18.9. The summed E-state index contributed by atoms with van der Waals surface area (Å²) in [6, 6.07) is 2.30. The van der Waals surface area contributed by atoms with Gasteiger partial charge in [0.05, 0.1) is 18.0 Å². The van der Waals surface area contributed by atoms with Crippen LogP contribution in [0, 0.1) is 16.7 Å². The Labute approximate surface area is 92.1 Å². The summed E-state index contributed by atoms with van der Waals surface area (Å²) in [5, 5.41) is 8.86. The number of rotatable bonds is 4. The maximum absolute atomic E-state index is 11.2. The summed E-state index contributed by atoms with van der Waals surface area (Å²) in [6.07, 6.45) is 3.67. The van der Waals surface area contributed by atoms with E-state index in [0.717, 1.165) is 38.8 Å². The highest BCUT2D eigenvalue weighted by atomic mass is 16.1. The van der Waals surface area contributed by atoms with Crippen LogP contribution in [-0.2, 0) is 4.79 Å². The summed E-state index contributed by atoms with van der Waals surface area (Å²) in [6.45, 7) is 6.55. The Bertz CT molecular complexity index is 265. The lowest BCUT2D eigenvalue weighted by molar-refractivity contribution is -0.122. The highest BCUT2D eigenvalue weighted by molar-refractivity contribution is 5.81. The average Bonchev–Trinajstić information content (AvgIpc) is 2.18. The maximum atomic E-state index is 11.2. The average molecular weight is 208 g/mol. The number of likely N-dealkylation sites (tertiary alicyclic amines) is 1. The molecule has 0 N–H and O–H groups in total. The Kier molecular flexibility index (Phi) is 4.28. The fourth-order valence-corrected chi connectivity index (χ4v) is 1.90. The zero-order valence-electron chi connectivity index (χ0n) is 9.75. The van der Waals surface area contributed by atoms with Gasteiger partial charge >= 0.3 is 0 Å². The third kappa shape index (κ3) is 4.44. The van der Waals surface area contributed by atoms with Crippen LogP contribution in [0.3, 0.4) is 0 Å². The molecule has 1 fully saturated rings. The van der Waals surface area contributed by atoms with E-state index in [2.05, 4.69) is 11.0 Å². The van der Waals surface area contributed by atoms with Crippen molar-refractivity contribution in [2.45, 2.75) is 39.5 Å². The fraction of sp³-hybridized carbons (Fsp3) is 0.833. The van der Waals surface area contributed by atoms with Crippen LogP contribution in [0.4, 0.5) is 0 Å². The van der Waals surface area contributed by atoms with Crippen molar-refractivity contribution >= 4 is 5.78 Å². The number of ketones is 1. The Morgan fingerprint density at radius 3 is 2.87 bits per heavy atom. The highest BCUT2D eigenvalue weighted by Gasteiger charge is 2.19. The van der Waals surface area contributed by atoms with Gasteiger partial charge in [-0.15, -0.1) is 0 Å². The van der Waals surface area contributed by atoms with E-state index < -0.39 is 0 Å². The van der Waals surface area contributed by atoms with Crippen LogP contribution in [-0.4, -0.2) is 30.3 Å². The van der Waals surface area contributed by atoms with Crippen LogP contribution in [0.25, 0.3) is 0 Å². The molecule has 0 saturated carbocycles. The molecule has 0 amide bonds. The van der Waals surface area contributed by atoms with Crippen molar-refractivity contribution in [2.24, 2.45) is 5.41 Å². The molecule has 3 nitrogen and oxygen atoms in total. The number of nitriles is 1. The standard InChI is InChI=1S/C12H20N2O/c1-12(2,10-13)6-4-8-14-7-3-5-11(15)9-14/h3-9H2,1-2H3. The van der Waals surface area contributed by atoms with Crippen LogP contribution in [0.5, 0.6) is 0 Å². The van der Waals surface area contributed by atoms with E-state index in [9.17, 15) is 4.79 Å². The predicted molar refractivity (Wildman–Crippen MR) is 59.3 cm³/mol. The van der Waals surface area contributed by atoms with Crippen LogP contribution >= 0.6 is 0 Å². The van der Waals surface area contributed by atoms with Crippen LogP contribution in [0.15, 0.2) is 0 Å². The van der Waals surface area contributed by atoms with Gasteiger partial charge in [-0.3, -0.25) is 9.69 Å². The predicted octanol–water partition coefficient (Wildman–Crippen LogP) is 1.98. The van der Waals surface area contributed by atoms with E-state index in [0.29, 0.717) is 12.3 Å². The molecule has 0 unspecified atom stereocenters. The lowest BCUT2D eigenvalue weighted by Crippen LogP contribution is -2.36. The van der Waals surface area contributed by atoms with E-state index in [4.69, 9.17) is 5.26 Å². The van der Waals surface area contributed by atoms with E-state index in [-0.39, 0.29) is 5.41 Å². The van der Waals surface area contributed by atoms with E-state index in [1.165, 1.54) is 0 Å². The minimum absolute atomic E-state index is 0.222. The second kappa shape index (κ2) is 5.27. The molecule has 1 aliphatic heterocycles. The number of Topliss-reactive ketones (excluding diaryl/α,β-unsaturated/α-hetero) is 1. The Morgan fingerprint density at radius 1 is 1.53 bits per heavy atom. The second-order valence-electron chi connectivity index (χ2n) is 5.02. The monoisotopic (exact) mass is 208 g/mol.